The second kappa shape index (κ2) is 14.8. The van der Waals surface area contributed by atoms with E-state index in [0.717, 1.165) is 27.5 Å². The summed E-state index contributed by atoms with van der Waals surface area (Å²) in [5, 5.41) is 2.33. The lowest BCUT2D eigenvalue weighted by molar-refractivity contribution is 0.661. The zero-order chi connectivity index (χ0) is 51.2. The fourth-order valence-electron chi connectivity index (χ4n) is 15.8. The standard InChI is InChI=1S/C74H46N4/c1-72(2)57-33-11-3-27-49(57)55-41-56-50-28-10-18-40-65(50)78(66(56)42-64(55)72)71-76-69(53-31-19-29-51-47-25-8-16-38-62(47)73(67(51)53)58-34-12-4-21-43(58)44-22-5-13-35-59(44)73)75-70(77-71)54-32-20-30-52-48-26-9-17-39-63(48)74(68(52)54)60-36-14-6-23-45(60)46-24-7-15-37-61(46)74/h3-42H,1-2H3. The summed E-state index contributed by atoms with van der Waals surface area (Å²) < 4.78 is 2.33. The number of hydrogen-bond acceptors (Lipinski definition) is 3. The van der Waals surface area contributed by atoms with Gasteiger partial charge in [0.2, 0.25) is 5.95 Å². The minimum Gasteiger partial charge on any atom is -0.278 e. The van der Waals surface area contributed by atoms with Crippen LogP contribution in [0.4, 0.5) is 0 Å². The van der Waals surface area contributed by atoms with Crippen LogP contribution >= 0.6 is 0 Å². The van der Waals surface area contributed by atoms with Gasteiger partial charge < -0.3 is 0 Å². The predicted octanol–water partition coefficient (Wildman–Crippen LogP) is 17.3. The Balaban J connectivity index is 0.982. The molecule has 5 aliphatic rings. The van der Waals surface area contributed by atoms with Crippen molar-refractivity contribution in [1.82, 2.24) is 19.5 Å². The first-order chi connectivity index (χ1) is 38.5. The Hall–Kier alpha value is -9.77. The van der Waals surface area contributed by atoms with E-state index in [1.165, 1.54) is 117 Å². The highest BCUT2D eigenvalue weighted by Crippen LogP contribution is 2.66. The van der Waals surface area contributed by atoms with Crippen LogP contribution in [-0.4, -0.2) is 19.5 Å². The van der Waals surface area contributed by atoms with Gasteiger partial charge in [-0.15, -0.1) is 0 Å². The monoisotopic (exact) mass is 990 g/mol. The molecule has 0 aliphatic heterocycles. The fraction of sp³-hybridized carbons (Fsp3) is 0.0676. The minimum absolute atomic E-state index is 0.222. The first kappa shape index (κ1) is 42.5. The van der Waals surface area contributed by atoms with Gasteiger partial charge in [0.05, 0.1) is 21.9 Å². The molecule has 0 N–H and O–H groups in total. The molecule has 2 spiro atoms. The molecule has 0 saturated carbocycles. The van der Waals surface area contributed by atoms with Crippen LogP contribution in [-0.2, 0) is 16.2 Å². The molecule has 4 nitrogen and oxygen atoms in total. The molecule has 5 aliphatic carbocycles. The Labute approximate surface area is 451 Å². The summed E-state index contributed by atoms with van der Waals surface area (Å²) in [7, 11) is 0. The summed E-state index contributed by atoms with van der Waals surface area (Å²) in [5.41, 5.74) is 27.8. The molecule has 4 heteroatoms. The second-order valence-corrected chi connectivity index (χ2v) is 22.5. The normalized spacial score (nSPS) is 15.1. The van der Waals surface area contributed by atoms with Crippen LogP contribution in [0, 0.1) is 0 Å². The Morgan fingerprint density at radius 2 is 0.615 bits per heavy atom. The number of hydrogen-bond donors (Lipinski definition) is 0. The van der Waals surface area contributed by atoms with Crippen LogP contribution in [0.2, 0.25) is 0 Å². The van der Waals surface area contributed by atoms with Gasteiger partial charge in [-0.1, -0.05) is 238 Å². The smallest absolute Gasteiger partial charge is 0.238 e. The third-order valence-corrected chi connectivity index (χ3v) is 18.7. The van der Waals surface area contributed by atoms with Crippen molar-refractivity contribution in [2.45, 2.75) is 30.1 Å². The lowest BCUT2D eigenvalue weighted by Gasteiger charge is -2.32. The number of benzene rings is 11. The van der Waals surface area contributed by atoms with Crippen molar-refractivity contribution in [2.24, 2.45) is 0 Å². The largest absolute Gasteiger partial charge is 0.278 e. The first-order valence-corrected chi connectivity index (χ1v) is 27.3. The highest BCUT2D eigenvalue weighted by Gasteiger charge is 2.55. The summed E-state index contributed by atoms with van der Waals surface area (Å²) >= 11 is 0. The molecule has 2 aromatic heterocycles. The molecule has 0 fully saturated rings. The minimum atomic E-state index is -0.631. The molecule has 18 rings (SSSR count). The Morgan fingerprint density at radius 3 is 1.06 bits per heavy atom. The molecule has 0 amide bonds. The van der Waals surface area contributed by atoms with Crippen molar-refractivity contribution in [3.63, 3.8) is 0 Å². The van der Waals surface area contributed by atoms with Crippen LogP contribution in [0.5, 0.6) is 0 Å². The van der Waals surface area contributed by atoms with Crippen molar-refractivity contribution < 1.29 is 0 Å². The number of fused-ring (bicyclic) bond motifs is 26. The third kappa shape index (κ3) is 4.97. The summed E-state index contributed by atoms with van der Waals surface area (Å²) in [4.78, 5) is 17.7. The lowest BCUT2D eigenvalue weighted by Crippen LogP contribution is -2.27. The van der Waals surface area contributed by atoms with Crippen LogP contribution in [0.15, 0.2) is 243 Å². The van der Waals surface area contributed by atoms with Gasteiger partial charge in [-0.25, -0.2) is 4.98 Å². The van der Waals surface area contributed by atoms with Crippen molar-refractivity contribution in [2.75, 3.05) is 0 Å². The average molecular weight is 991 g/mol. The quantitative estimate of drug-likeness (QED) is 0.177. The van der Waals surface area contributed by atoms with E-state index in [-0.39, 0.29) is 5.41 Å². The summed E-state index contributed by atoms with van der Waals surface area (Å²) in [6.07, 6.45) is 0. The highest BCUT2D eigenvalue weighted by atomic mass is 15.2. The van der Waals surface area contributed by atoms with Gasteiger partial charge >= 0.3 is 0 Å². The van der Waals surface area contributed by atoms with Gasteiger partial charge in [0.1, 0.15) is 0 Å². The van der Waals surface area contributed by atoms with Crippen molar-refractivity contribution in [3.05, 3.63) is 298 Å². The molecule has 2 heterocycles. The van der Waals surface area contributed by atoms with Crippen LogP contribution in [0.3, 0.4) is 0 Å². The second-order valence-electron chi connectivity index (χ2n) is 22.5. The van der Waals surface area contributed by atoms with Gasteiger partial charge in [-0.2, -0.15) is 9.97 Å². The molecule has 0 atom stereocenters. The number of nitrogens with zero attached hydrogens (tertiary/aromatic N) is 4. The molecule has 0 bridgehead atoms. The molecule has 0 unspecified atom stereocenters. The highest BCUT2D eigenvalue weighted by molar-refractivity contribution is 6.12. The zero-order valence-electron chi connectivity index (χ0n) is 42.9. The van der Waals surface area contributed by atoms with Gasteiger partial charge in [0.15, 0.2) is 11.6 Å². The van der Waals surface area contributed by atoms with Gasteiger partial charge in [-0.3, -0.25) is 4.57 Å². The van der Waals surface area contributed by atoms with E-state index in [0.29, 0.717) is 17.6 Å². The Bertz CT molecular complexity index is 4520. The van der Waals surface area contributed by atoms with Crippen molar-refractivity contribution in [1.29, 1.82) is 0 Å². The van der Waals surface area contributed by atoms with E-state index in [1.807, 2.05) is 0 Å². The molecule has 78 heavy (non-hydrogen) atoms. The van der Waals surface area contributed by atoms with Crippen LogP contribution in [0.1, 0.15) is 69.5 Å². The van der Waals surface area contributed by atoms with E-state index >= 15 is 0 Å². The van der Waals surface area contributed by atoms with E-state index in [4.69, 9.17) is 15.0 Å². The molecule has 362 valence electrons. The predicted molar refractivity (Wildman–Crippen MR) is 315 cm³/mol. The Kier molecular flexibility index (Phi) is 8.05. The number of aromatic nitrogens is 4. The van der Waals surface area contributed by atoms with E-state index in [2.05, 4.69) is 261 Å². The lowest BCUT2D eigenvalue weighted by atomic mass is 9.69. The van der Waals surface area contributed by atoms with E-state index < -0.39 is 10.8 Å². The molecule has 11 aromatic carbocycles. The maximum atomic E-state index is 5.93. The first-order valence-electron chi connectivity index (χ1n) is 27.3. The topological polar surface area (TPSA) is 43.6 Å². The van der Waals surface area contributed by atoms with Gasteiger partial charge in [0, 0.05) is 27.3 Å². The van der Waals surface area contributed by atoms with E-state index in [1.54, 1.807) is 0 Å². The molecule has 0 radical (unpaired) electrons. The van der Waals surface area contributed by atoms with Crippen LogP contribution < -0.4 is 0 Å². The summed E-state index contributed by atoms with van der Waals surface area (Å²) in [5.74, 6) is 1.85. The third-order valence-electron chi connectivity index (χ3n) is 18.7. The molecular formula is C74H46N4. The summed E-state index contributed by atoms with van der Waals surface area (Å²) in [6, 6.07) is 90.4. The van der Waals surface area contributed by atoms with E-state index in [9.17, 15) is 0 Å². The number of rotatable bonds is 3. The van der Waals surface area contributed by atoms with Gasteiger partial charge in [-0.05, 0) is 129 Å². The maximum absolute atomic E-state index is 5.93. The number of para-hydroxylation sites is 1. The molecular weight excluding hydrogens is 945 g/mol. The summed E-state index contributed by atoms with van der Waals surface area (Å²) in [6.45, 7) is 4.73. The van der Waals surface area contributed by atoms with Crippen LogP contribution in [0.25, 0.3) is 106 Å². The van der Waals surface area contributed by atoms with Crippen molar-refractivity contribution in [3.8, 4) is 84.4 Å². The van der Waals surface area contributed by atoms with Crippen molar-refractivity contribution >= 4 is 21.8 Å². The maximum Gasteiger partial charge on any atom is 0.238 e. The SMILES string of the molecule is CC1(C)c2ccccc2-c2cc3c4ccccc4n(-c4nc(-c5cccc6c5C5(c7ccccc7-c7ccccc75)c5ccccc5-6)nc(-c5cccc6c5C5(c7ccccc7-c7ccccc75)c5ccccc5-6)n4)c3cc21. The van der Waals surface area contributed by atoms with Gasteiger partial charge in [0.25, 0.3) is 0 Å². The fourth-order valence-corrected chi connectivity index (χ4v) is 15.8. The Morgan fingerprint density at radius 1 is 0.269 bits per heavy atom. The molecule has 13 aromatic rings. The molecule has 0 saturated heterocycles. The zero-order valence-corrected chi connectivity index (χ0v) is 42.9. The average Bonchev–Trinajstić information content (AvgIpc) is 3.55.